The lowest BCUT2D eigenvalue weighted by atomic mass is 10.1. The van der Waals surface area contributed by atoms with Gasteiger partial charge in [0.25, 0.3) is 0 Å². The highest BCUT2D eigenvalue weighted by atomic mass is 19.4. The molecule has 3 nitrogen and oxygen atoms in total. The highest BCUT2D eigenvalue weighted by Gasteiger charge is 2.43. The lowest BCUT2D eigenvalue weighted by Crippen LogP contribution is -2.46. The van der Waals surface area contributed by atoms with Crippen molar-refractivity contribution in [1.82, 2.24) is 4.90 Å². The van der Waals surface area contributed by atoms with Gasteiger partial charge in [-0.05, 0) is 6.54 Å². The van der Waals surface area contributed by atoms with Crippen LogP contribution in [0.15, 0.2) is 0 Å². The molecule has 0 aromatic rings. The lowest BCUT2D eigenvalue weighted by Gasteiger charge is -2.27. The summed E-state index contributed by atoms with van der Waals surface area (Å²) < 4.78 is 73.2. The molecule has 0 aliphatic heterocycles. The Balaban J connectivity index is 4.68. The Morgan fingerprint density at radius 2 is 1.71 bits per heavy atom. The number of halogens is 6. The summed E-state index contributed by atoms with van der Waals surface area (Å²) in [4.78, 5) is 0.555. The van der Waals surface area contributed by atoms with E-state index in [1.807, 2.05) is 0 Å². The van der Waals surface area contributed by atoms with Crippen molar-refractivity contribution in [2.45, 2.75) is 19.3 Å². The van der Waals surface area contributed by atoms with Gasteiger partial charge in [-0.3, -0.25) is 10.3 Å². The van der Waals surface area contributed by atoms with Crippen molar-refractivity contribution in [3.63, 3.8) is 0 Å². The molecule has 0 saturated carbocycles. The zero-order chi connectivity index (χ0) is 13.9. The van der Waals surface area contributed by atoms with Gasteiger partial charge < -0.3 is 5.73 Å². The second-order valence-electron chi connectivity index (χ2n) is 3.49. The fraction of sp³-hybridized carbons (Fsp3) is 0.875. The number of nitrogens with two attached hydrogens (primary N) is 1. The molecule has 3 N–H and O–H groups in total. The largest absolute Gasteiger partial charge is 0.401 e. The summed E-state index contributed by atoms with van der Waals surface area (Å²) >= 11 is 0. The van der Waals surface area contributed by atoms with Crippen LogP contribution in [0.5, 0.6) is 0 Å². The van der Waals surface area contributed by atoms with Crippen LogP contribution >= 0.6 is 0 Å². The van der Waals surface area contributed by atoms with Crippen LogP contribution in [0.1, 0.15) is 6.92 Å². The molecule has 0 saturated heterocycles. The first-order valence-corrected chi connectivity index (χ1v) is 4.67. The number of alkyl halides is 6. The van der Waals surface area contributed by atoms with E-state index in [1.54, 1.807) is 0 Å². The Hall–Kier alpha value is -0.990. The number of nitrogens with one attached hydrogen (secondary N) is 1. The SMILES string of the molecule is CCN(CC(C(=N)N)C(F)(F)F)CC(F)(F)F. The lowest BCUT2D eigenvalue weighted by molar-refractivity contribution is -0.173. The average Bonchev–Trinajstić information content (AvgIpc) is 2.07. The fourth-order valence-electron chi connectivity index (χ4n) is 1.20. The molecule has 17 heavy (non-hydrogen) atoms. The van der Waals surface area contributed by atoms with E-state index < -0.39 is 37.2 Å². The van der Waals surface area contributed by atoms with Crippen LogP contribution < -0.4 is 5.73 Å². The molecule has 0 amide bonds. The summed E-state index contributed by atoms with van der Waals surface area (Å²) in [5.74, 6) is -3.55. The van der Waals surface area contributed by atoms with Crippen LogP contribution in [0.2, 0.25) is 0 Å². The van der Waals surface area contributed by atoms with E-state index in [4.69, 9.17) is 11.1 Å². The van der Waals surface area contributed by atoms with Gasteiger partial charge in [0.05, 0.1) is 6.54 Å². The van der Waals surface area contributed by atoms with Crippen molar-refractivity contribution in [3.05, 3.63) is 0 Å². The minimum atomic E-state index is -4.81. The number of rotatable bonds is 5. The van der Waals surface area contributed by atoms with Gasteiger partial charge in [-0.15, -0.1) is 0 Å². The molecule has 1 atom stereocenters. The Bertz CT molecular complexity index is 259. The molecule has 0 aromatic carbocycles. The van der Waals surface area contributed by atoms with E-state index in [-0.39, 0.29) is 6.54 Å². The first kappa shape index (κ1) is 16.0. The molecular weight excluding hydrogens is 252 g/mol. The van der Waals surface area contributed by atoms with Crippen LogP contribution in [0.3, 0.4) is 0 Å². The van der Waals surface area contributed by atoms with Crippen molar-refractivity contribution < 1.29 is 26.3 Å². The Kier molecular flexibility index (Phi) is 5.24. The predicted octanol–water partition coefficient (Wildman–Crippen LogP) is 1.99. The molecule has 102 valence electrons. The van der Waals surface area contributed by atoms with Crippen molar-refractivity contribution in [3.8, 4) is 0 Å². The van der Waals surface area contributed by atoms with Crippen molar-refractivity contribution in [2.24, 2.45) is 11.7 Å². The van der Waals surface area contributed by atoms with Crippen LogP contribution in [0, 0.1) is 11.3 Å². The maximum atomic E-state index is 12.4. The molecule has 0 aromatic heterocycles. The fourth-order valence-corrected chi connectivity index (χ4v) is 1.20. The highest BCUT2D eigenvalue weighted by molar-refractivity contribution is 5.80. The monoisotopic (exact) mass is 265 g/mol. The molecule has 0 aliphatic carbocycles. The van der Waals surface area contributed by atoms with Crippen LogP contribution in [0.4, 0.5) is 26.3 Å². The third-order valence-electron chi connectivity index (χ3n) is 2.06. The van der Waals surface area contributed by atoms with Gasteiger partial charge in [-0.2, -0.15) is 26.3 Å². The molecule has 0 fully saturated rings. The van der Waals surface area contributed by atoms with Crippen LogP contribution in [-0.2, 0) is 0 Å². The quantitative estimate of drug-likeness (QED) is 0.453. The van der Waals surface area contributed by atoms with Gasteiger partial charge in [-0.25, -0.2) is 0 Å². The van der Waals surface area contributed by atoms with Crippen LogP contribution in [-0.4, -0.2) is 42.7 Å². The van der Waals surface area contributed by atoms with Gasteiger partial charge >= 0.3 is 12.4 Å². The maximum Gasteiger partial charge on any atom is 0.401 e. The van der Waals surface area contributed by atoms with E-state index >= 15 is 0 Å². The van der Waals surface area contributed by atoms with E-state index in [0.29, 0.717) is 4.90 Å². The third kappa shape index (κ3) is 6.35. The smallest absolute Gasteiger partial charge is 0.387 e. The molecule has 0 aliphatic rings. The minimum Gasteiger partial charge on any atom is -0.387 e. The van der Waals surface area contributed by atoms with E-state index in [1.165, 1.54) is 6.92 Å². The number of nitrogens with zero attached hydrogens (tertiary/aromatic N) is 1. The zero-order valence-corrected chi connectivity index (χ0v) is 8.99. The summed E-state index contributed by atoms with van der Waals surface area (Å²) in [6.45, 7) is -1.32. The minimum absolute atomic E-state index is 0.209. The number of amidine groups is 1. The summed E-state index contributed by atoms with van der Waals surface area (Å²) in [7, 11) is 0. The third-order valence-corrected chi connectivity index (χ3v) is 2.06. The van der Waals surface area contributed by atoms with Gasteiger partial charge in [-0.1, -0.05) is 6.92 Å². The van der Waals surface area contributed by atoms with E-state index in [9.17, 15) is 26.3 Å². The van der Waals surface area contributed by atoms with Gasteiger partial charge in [0.1, 0.15) is 11.8 Å². The molecule has 0 bridgehead atoms. The summed E-state index contributed by atoms with van der Waals surface area (Å²) in [5.41, 5.74) is 4.74. The summed E-state index contributed by atoms with van der Waals surface area (Å²) in [6.07, 6.45) is -9.40. The molecule has 0 spiro atoms. The maximum absolute atomic E-state index is 12.4. The van der Waals surface area contributed by atoms with E-state index in [0.717, 1.165) is 0 Å². The first-order valence-electron chi connectivity index (χ1n) is 4.67. The van der Waals surface area contributed by atoms with Gasteiger partial charge in [0.2, 0.25) is 0 Å². The van der Waals surface area contributed by atoms with E-state index in [2.05, 4.69) is 0 Å². The highest BCUT2D eigenvalue weighted by Crippen LogP contribution is 2.27. The van der Waals surface area contributed by atoms with Crippen molar-refractivity contribution >= 4 is 5.84 Å². The average molecular weight is 265 g/mol. The standard InChI is InChI=1S/C8H13F6N3/c1-2-17(4-7(9,10)11)3-5(6(15)16)8(12,13)14/h5H,2-4H2,1H3,(H3,15,16). The second-order valence-corrected chi connectivity index (χ2v) is 3.49. The van der Waals surface area contributed by atoms with Gasteiger partial charge in [0.15, 0.2) is 0 Å². The van der Waals surface area contributed by atoms with Crippen molar-refractivity contribution in [1.29, 1.82) is 5.41 Å². The topological polar surface area (TPSA) is 53.1 Å². The predicted molar refractivity (Wildman–Crippen MR) is 49.6 cm³/mol. The Labute approximate surface area is 94.1 Å². The molecule has 0 rings (SSSR count). The zero-order valence-electron chi connectivity index (χ0n) is 8.99. The second kappa shape index (κ2) is 5.56. The van der Waals surface area contributed by atoms with Crippen LogP contribution in [0.25, 0.3) is 0 Å². The summed E-state index contributed by atoms with van der Waals surface area (Å²) in [5, 5.41) is 6.76. The molecular formula is C8H13F6N3. The number of hydrogen-bond donors (Lipinski definition) is 2. The first-order chi connectivity index (χ1) is 7.47. The molecule has 1 unspecified atom stereocenters. The number of hydrogen-bond acceptors (Lipinski definition) is 2. The Morgan fingerprint density at radius 1 is 1.24 bits per heavy atom. The molecule has 0 heterocycles. The normalized spacial score (nSPS) is 15.1. The van der Waals surface area contributed by atoms with Gasteiger partial charge in [0, 0.05) is 6.54 Å². The molecule has 0 radical (unpaired) electrons. The Morgan fingerprint density at radius 3 is 1.94 bits per heavy atom. The van der Waals surface area contributed by atoms with Crippen molar-refractivity contribution in [2.75, 3.05) is 19.6 Å². The summed E-state index contributed by atoms with van der Waals surface area (Å²) in [6, 6.07) is 0. The molecule has 9 heteroatoms.